The van der Waals surface area contributed by atoms with Crippen LogP contribution in [0.3, 0.4) is 0 Å². The molecule has 1 aromatic heterocycles. The van der Waals surface area contributed by atoms with Gasteiger partial charge >= 0.3 is 0 Å². The van der Waals surface area contributed by atoms with E-state index >= 15 is 0 Å². The van der Waals surface area contributed by atoms with Crippen LogP contribution in [0.2, 0.25) is 5.15 Å². The Morgan fingerprint density at radius 1 is 1.13 bits per heavy atom. The van der Waals surface area contributed by atoms with Gasteiger partial charge in [-0.3, -0.25) is 19.3 Å². The van der Waals surface area contributed by atoms with Crippen LogP contribution in [0.4, 0.5) is 0 Å². The Morgan fingerprint density at radius 3 is 2.37 bits per heavy atom. The minimum Gasteiger partial charge on any atom is -0.272 e. The van der Waals surface area contributed by atoms with Gasteiger partial charge in [-0.05, 0) is 38.5 Å². The van der Waals surface area contributed by atoms with Gasteiger partial charge in [0.1, 0.15) is 10.9 Å². The van der Waals surface area contributed by atoms with Crippen molar-refractivity contribution in [1.29, 1.82) is 0 Å². The molecule has 0 radical (unpaired) electrons. The van der Waals surface area contributed by atoms with Crippen molar-refractivity contribution in [2.24, 2.45) is 7.05 Å². The van der Waals surface area contributed by atoms with Crippen LogP contribution in [-0.4, -0.2) is 58.9 Å². The van der Waals surface area contributed by atoms with Crippen LogP contribution < -0.4 is 0 Å². The Bertz CT molecular complexity index is 1110. The number of aryl methyl sites for hydroxylation is 3. The molecule has 30 heavy (non-hydrogen) atoms. The van der Waals surface area contributed by atoms with E-state index in [1.54, 1.807) is 32.2 Å². The molecule has 1 aliphatic heterocycles. The van der Waals surface area contributed by atoms with E-state index in [-0.39, 0.29) is 11.4 Å². The molecule has 0 saturated carbocycles. The van der Waals surface area contributed by atoms with Gasteiger partial charge in [-0.15, -0.1) is 0 Å². The van der Waals surface area contributed by atoms with E-state index in [4.69, 9.17) is 11.6 Å². The Hall–Kier alpha value is -2.65. The molecule has 0 N–H and O–H groups in total. The predicted octanol–water partition coefficient (Wildman–Crippen LogP) is 2.15. The smallest absolute Gasteiger partial charge is 0.265 e. The number of hydrazine groups is 1. The highest BCUT2D eigenvalue weighted by atomic mass is 35.5. The first-order valence-electron chi connectivity index (χ1n) is 9.38. The Morgan fingerprint density at radius 2 is 1.77 bits per heavy atom. The van der Waals surface area contributed by atoms with Gasteiger partial charge in [-0.25, -0.2) is 13.4 Å². The molecule has 2 heterocycles. The van der Waals surface area contributed by atoms with Gasteiger partial charge in [0, 0.05) is 31.8 Å². The van der Waals surface area contributed by atoms with Gasteiger partial charge in [0.15, 0.2) is 9.84 Å². The summed E-state index contributed by atoms with van der Waals surface area (Å²) in [5.74, 6) is -1.75. The number of hydrogen-bond acceptors (Lipinski definition) is 5. The quantitative estimate of drug-likeness (QED) is 0.651. The molecule has 0 unspecified atom stereocenters. The molecule has 0 aliphatic carbocycles. The molecule has 10 heteroatoms. The number of carbonyl (C=O) groups is 2. The number of halogens is 1. The minimum atomic E-state index is -3.80. The van der Waals surface area contributed by atoms with Crippen LogP contribution in [0.25, 0.3) is 6.08 Å². The fourth-order valence-electron chi connectivity index (χ4n) is 3.24. The third-order valence-electron chi connectivity index (χ3n) is 4.86. The number of hydrogen-bond donors (Lipinski definition) is 0. The molecule has 0 bridgehead atoms. The second-order valence-electron chi connectivity index (χ2n) is 7.15. The summed E-state index contributed by atoms with van der Waals surface area (Å²) in [7, 11) is -2.10. The van der Waals surface area contributed by atoms with Crippen molar-refractivity contribution in [3.63, 3.8) is 0 Å². The van der Waals surface area contributed by atoms with Crippen LogP contribution in [0.15, 0.2) is 35.2 Å². The summed E-state index contributed by atoms with van der Waals surface area (Å²) in [6.45, 7) is 4.24. The average Bonchev–Trinajstić information content (AvgIpc) is 3.26. The maximum absolute atomic E-state index is 12.7. The maximum atomic E-state index is 12.7. The van der Waals surface area contributed by atoms with Gasteiger partial charge in [0.05, 0.1) is 10.6 Å². The van der Waals surface area contributed by atoms with Crippen LogP contribution in [0, 0.1) is 13.8 Å². The first kappa shape index (κ1) is 22.0. The molecule has 0 spiro atoms. The van der Waals surface area contributed by atoms with Crippen LogP contribution in [0.5, 0.6) is 0 Å². The molecule has 8 nitrogen and oxygen atoms in total. The third kappa shape index (κ3) is 4.57. The number of rotatable bonds is 5. The van der Waals surface area contributed by atoms with Crippen LogP contribution in [0.1, 0.15) is 23.2 Å². The molecular formula is C20H23ClN4O4S. The molecule has 2 aromatic rings. The standard InChI is InChI=1S/C20H23ClN4O4S/c1-14-5-7-16(8-6-14)30(28,29)13-19(27)25-12-4-11-24(25)18(26)10-9-17-15(2)22-23(3)20(17)21/h5-10H,4,11-13H2,1-3H3. The monoisotopic (exact) mass is 450 g/mol. The topological polar surface area (TPSA) is 92.6 Å². The van der Waals surface area contributed by atoms with Gasteiger partial charge in [0.2, 0.25) is 0 Å². The van der Waals surface area contributed by atoms with E-state index < -0.39 is 27.4 Å². The second-order valence-corrected chi connectivity index (χ2v) is 9.50. The van der Waals surface area contributed by atoms with Crippen molar-refractivity contribution in [1.82, 2.24) is 19.8 Å². The lowest BCUT2D eigenvalue weighted by Crippen LogP contribution is -2.46. The molecule has 1 aliphatic rings. The minimum absolute atomic E-state index is 0.0834. The van der Waals surface area contributed by atoms with E-state index in [1.165, 1.54) is 32.9 Å². The van der Waals surface area contributed by atoms with Crippen molar-refractivity contribution in [3.8, 4) is 0 Å². The SMILES string of the molecule is Cc1ccc(S(=O)(=O)CC(=O)N2CCCN2C(=O)C=Cc2c(C)nn(C)c2Cl)cc1. The first-order valence-corrected chi connectivity index (χ1v) is 11.4. The van der Waals surface area contributed by atoms with Crippen LogP contribution >= 0.6 is 11.6 Å². The average molecular weight is 451 g/mol. The zero-order chi connectivity index (χ0) is 22.1. The van der Waals surface area contributed by atoms with E-state index in [0.29, 0.717) is 29.4 Å². The predicted molar refractivity (Wildman–Crippen MR) is 113 cm³/mol. The highest BCUT2D eigenvalue weighted by Gasteiger charge is 2.32. The summed E-state index contributed by atoms with van der Waals surface area (Å²) in [5.41, 5.74) is 2.21. The highest BCUT2D eigenvalue weighted by Crippen LogP contribution is 2.21. The molecule has 2 amide bonds. The molecule has 1 aromatic carbocycles. The molecule has 160 valence electrons. The zero-order valence-electron chi connectivity index (χ0n) is 17.0. The lowest BCUT2D eigenvalue weighted by atomic mass is 10.2. The maximum Gasteiger partial charge on any atom is 0.265 e. The van der Waals surface area contributed by atoms with Crippen molar-refractivity contribution in [2.45, 2.75) is 25.2 Å². The number of nitrogens with zero attached hydrogens (tertiary/aromatic N) is 4. The first-order chi connectivity index (χ1) is 14.1. The summed E-state index contributed by atoms with van der Waals surface area (Å²) in [6, 6.07) is 6.32. The lowest BCUT2D eigenvalue weighted by molar-refractivity contribution is -0.152. The molecule has 1 saturated heterocycles. The van der Waals surface area contributed by atoms with Gasteiger partial charge in [0.25, 0.3) is 11.8 Å². The summed E-state index contributed by atoms with van der Waals surface area (Å²) in [6.07, 6.45) is 3.44. The Labute approximate surface area is 180 Å². The van der Waals surface area contributed by atoms with E-state index in [0.717, 1.165) is 5.56 Å². The highest BCUT2D eigenvalue weighted by molar-refractivity contribution is 7.92. The van der Waals surface area contributed by atoms with Crippen molar-refractivity contribution >= 4 is 39.3 Å². The van der Waals surface area contributed by atoms with E-state index in [1.807, 2.05) is 6.92 Å². The Balaban J connectivity index is 1.73. The number of benzene rings is 1. The van der Waals surface area contributed by atoms with E-state index in [9.17, 15) is 18.0 Å². The fourth-order valence-corrected chi connectivity index (χ4v) is 4.67. The third-order valence-corrected chi connectivity index (χ3v) is 6.92. The van der Waals surface area contributed by atoms with Crippen LogP contribution in [-0.2, 0) is 26.5 Å². The molecule has 1 fully saturated rings. The van der Waals surface area contributed by atoms with Crippen molar-refractivity contribution < 1.29 is 18.0 Å². The fraction of sp³-hybridized carbons (Fsp3) is 0.350. The second kappa shape index (κ2) is 8.61. The number of amides is 2. The normalized spacial score (nSPS) is 14.7. The Kier molecular flexibility index (Phi) is 6.33. The summed E-state index contributed by atoms with van der Waals surface area (Å²) < 4.78 is 26.7. The lowest BCUT2D eigenvalue weighted by Gasteiger charge is -2.26. The summed E-state index contributed by atoms with van der Waals surface area (Å²) in [5, 5.41) is 7.05. The van der Waals surface area contributed by atoms with Gasteiger partial charge in [-0.2, -0.15) is 5.10 Å². The van der Waals surface area contributed by atoms with Gasteiger partial charge in [-0.1, -0.05) is 29.3 Å². The van der Waals surface area contributed by atoms with Crippen molar-refractivity contribution in [2.75, 3.05) is 18.8 Å². The number of carbonyl (C=O) groups excluding carboxylic acids is 2. The number of sulfone groups is 1. The summed E-state index contributed by atoms with van der Waals surface area (Å²) in [4.78, 5) is 25.4. The van der Waals surface area contributed by atoms with E-state index in [2.05, 4.69) is 5.10 Å². The zero-order valence-corrected chi connectivity index (χ0v) is 18.6. The number of aromatic nitrogens is 2. The van der Waals surface area contributed by atoms with Crippen molar-refractivity contribution in [3.05, 3.63) is 52.3 Å². The molecular weight excluding hydrogens is 428 g/mol. The molecule has 3 rings (SSSR count). The largest absolute Gasteiger partial charge is 0.272 e. The summed E-state index contributed by atoms with van der Waals surface area (Å²) >= 11 is 6.17. The van der Waals surface area contributed by atoms with Gasteiger partial charge < -0.3 is 0 Å². The molecule has 0 atom stereocenters.